The number of carbonyl (C=O) groups is 3. The highest BCUT2D eigenvalue weighted by Gasteiger charge is 2.23. The van der Waals surface area contributed by atoms with E-state index in [1.807, 2.05) is 0 Å². The minimum absolute atomic E-state index is 0.424. The van der Waals surface area contributed by atoms with Crippen LogP contribution in [0.1, 0.15) is 6.42 Å². The Kier molecular flexibility index (Phi) is 5.86. The highest BCUT2D eigenvalue weighted by atomic mass is 16.5. The van der Waals surface area contributed by atoms with E-state index < -0.39 is 30.4 Å². The third-order valence-corrected chi connectivity index (χ3v) is 1.53. The fourth-order valence-corrected chi connectivity index (χ4v) is 0.844. The highest BCUT2D eigenvalue weighted by molar-refractivity contribution is 5.86. The van der Waals surface area contributed by atoms with Gasteiger partial charge in [0.05, 0.1) is 13.5 Å². The topological polar surface area (TPSA) is 108 Å². The Balaban J connectivity index is 4.28. The summed E-state index contributed by atoms with van der Waals surface area (Å²) in [6.45, 7) is 0. The first kappa shape index (κ1) is 14.2. The molecule has 0 aliphatic rings. The molecule has 0 rings (SSSR count). The van der Waals surface area contributed by atoms with E-state index in [9.17, 15) is 14.4 Å². The van der Waals surface area contributed by atoms with Crippen LogP contribution in [0.2, 0.25) is 0 Å². The van der Waals surface area contributed by atoms with Crippen molar-refractivity contribution in [2.75, 3.05) is 21.2 Å². The molecule has 0 aromatic heterocycles. The summed E-state index contributed by atoms with van der Waals surface area (Å²) in [5, 5.41) is 12.2. The van der Waals surface area contributed by atoms with E-state index >= 15 is 0 Å². The average molecular weight is 233 g/mol. The molecule has 0 aliphatic heterocycles. The van der Waals surface area contributed by atoms with Gasteiger partial charge in [0.2, 0.25) is 0 Å². The molecule has 0 aliphatic carbocycles. The molecule has 3 N–H and O–H groups in total. The molecule has 0 aromatic rings. The lowest BCUT2D eigenvalue weighted by Crippen LogP contribution is -2.50. The third kappa shape index (κ3) is 5.81. The van der Waals surface area contributed by atoms with Crippen molar-refractivity contribution >= 4 is 18.0 Å². The predicted octanol–water partition coefficient (Wildman–Crippen LogP) is -1.22. The number of hydrazine groups is 1. The van der Waals surface area contributed by atoms with Crippen LogP contribution >= 0.6 is 0 Å². The summed E-state index contributed by atoms with van der Waals surface area (Å²) in [6, 6.07) is -2.02. The zero-order chi connectivity index (χ0) is 12.7. The second kappa shape index (κ2) is 6.62. The number of nitrogens with one attached hydrogen (secondary N) is 2. The summed E-state index contributed by atoms with van der Waals surface area (Å²) in [5.41, 5.74) is 2.29. The Morgan fingerprint density at radius 2 is 1.94 bits per heavy atom. The Hall–Kier alpha value is -1.83. The molecular formula is C8H15N3O5. The van der Waals surface area contributed by atoms with Crippen LogP contribution in [-0.4, -0.2) is 55.3 Å². The zero-order valence-corrected chi connectivity index (χ0v) is 9.31. The van der Waals surface area contributed by atoms with Gasteiger partial charge in [-0.25, -0.2) is 14.6 Å². The molecule has 1 atom stereocenters. The van der Waals surface area contributed by atoms with Gasteiger partial charge in [-0.1, -0.05) is 0 Å². The van der Waals surface area contributed by atoms with Crippen molar-refractivity contribution in [2.24, 2.45) is 0 Å². The number of ether oxygens (including phenoxy) is 1. The van der Waals surface area contributed by atoms with Crippen molar-refractivity contribution in [1.29, 1.82) is 0 Å². The number of esters is 1. The second-order valence-electron chi connectivity index (χ2n) is 3.15. The number of urea groups is 1. The first-order valence-corrected chi connectivity index (χ1v) is 4.41. The van der Waals surface area contributed by atoms with Gasteiger partial charge in [0.25, 0.3) is 0 Å². The summed E-state index contributed by atoms with van der Waals surface area (Å²) in [7, 11) is 4.27. The number of aliphatic carboxylic acids is 1. The van der Waals surface area contributed by atoms with E-state index in [-0.39, 0.29) is 0 Å². The Morgan fingerprint density at radius 3 is 2.31 bits per heavy atom. The first-order valence-electron chi connectivity index (χ1n) is 4.41. The highest BCUT2D eigenvalue weighted by Crippen LogP contribution is 1.94. The molecule has 2 amide bonds. The standard InChI is InChI=1S/C8H15N3O5/c1-11(2)10-8(15)9-5(7(13)14)4-6(12)16-3/h5H,4H2,1-3H3,(H,13,14)(H2,9,10,15)/t5-/m0/s1. The number of hydrogen-bond donors (Lipinski definition) is 3. The maximum Gasteiger partial charge on any atom is 0.330 e. The fraction of sp³-hybridized carbons (Fsp3) is 0.625. The summed E-state index contributed by atoms with van der Waals surface area (Å²) >= 11 is 0. The van der Waals surface area contributed by atoms with Gasteiger partial charge in [0.1, 0.15) is 6.04 Å². The maximum atomic E-state index is 11.2. The van der Waals surface area contributed by atoms with Gasteiger partial charge < -0.3 is 15.2 Å². The summed E-state index contributed by atoms with van der Waals surface area (Å²) in [4.78, 5) is 32.7. The maximum absolute atomic E-state index is 11.2. The lowest BCUT2D eigenvalue weighted by atomic mass is 10.2. The largest absolute Gasteiger partial charge is 0.480 e. The van der Waals surface area contributed by atoms with Crippen LogP contribution in [0.3, 0.4) is 0 Å². The van der Waals surface area contributed by atoms with Crippen LogP contribution in [0.15, 0.2) is 0 Å². The van der Waals surface area contributed by atoms with E-state index in [4.69, 9.17) is 5.11 Å². The number of rotatable bonds is 5. The molecule has 92 valence electrons. The van der Waals surface area contributed by atoms with Crippen molar-refractivity contribution in [3.63, 3.8) is 0 Å². The molecule has 0 saturated heterocycles. The lowest BCUT2D eigenvalue weighted by molar-refractivity contribution is -0.147. The van der Waals surface area contributed by atoms with E-state index in [1.54, 1.807) is 14.1 Å². The molecule has 0 aromatic carbocycles. The van der Waals surface area contributed by atoms with Crippen molar-refractivity contribution < 1.29 is 24.2 Å². The summed E-state index contributed by atoms with van der Waals surface area (Å²) < 4.78 is 4.31. The Bertz CT molecular complexity index is 279. The second-order valence-corrected chi connectivity index (χ2v) is 3.15. The molecule has 8 nitrogen and oxygen atoms in total. The first-order chi connectivity index (χ1) is 7.36. The Morgan fingerprint density at radius 1 is 1.38 bits per heavy atom. The Labute approximate surface area is 92.5 Å². The van der Waals surface area contributed by atoms with Crippen molar-refractivity contribution in [2.45, 2.75) is 12.5 Å². The molecule has 0 bridgehead atoms. The van der Waals surface area contributed by atoms with Gasteiger partial charge >= 0.3 is 18.0 Å². The van der Waals surface area contributed by atoms with Crippen molar-refractivity contribution in [3.8, 4) is 0 Å². The normalized spacial score (nSPS) is 11.8. The molecule has 16 heavy (non-hydrogen) atoms. The van der Waals surface area contributed by atoms with E-state index in [0.29, 0.717) is 0 Å². The zero-order valence-electron chi connectivity index (χ0n) is 9.31. The van der Waals surface area contributed by atoms with Crippen LogP contribution in [0.5, 0.6) is 0 Å². The number of carbonyl (C=O) groups excluding carboxylic acids is 2. The van der Waals surface area contributed by atoms with Crippen LogP contribution in [0.4, 0.5) is 4.79 Å². The smallest absolute Gasteiger partial charge is 0.330 e. The van der Waals surface area contributed by atoms with Gasteiger partial charge in [-0.2, -0.15) is 0 Å². The number of hydrogen-bond acceptors (Lipinski definition) is 5. The number of methoxy groups -OCH3 is 1. The molecule has 0 heterocycles. The molecule has 0 unspecified atom stereocenters. The molecule has 0 radical (unpaired) electrons. The van der Waals surface area contributed by atoms with Crippen LogP contribution in [0.25, 0.3) is 0 Å². The fourth-order valence-electron chi connectivity index (χ4n) is 0.844. The van der Waals surface area contributed by atoms with E-state index in [0.717, 1.165) is 7.11 Å². The van der Waals surface area contributed by atoms with Gasteiger partial charge in [-0.15, -0.1) is 0 Å². The third-order valence-electron chi connectivity index (χ3n) is 1.53. The molecular weight excluding hydrogens is 218 g/mol. The minimum Gasteiger partial charge on any atom is -0.480 e. The average Bonchev–Trinajstić information content (AvgIpc) is 2.14. The number of amides is 2. The number of carboxylic acids is 1. The van der Waals surface area contributed by atoms with Gasteiger partial charge in [0, 0.05) is 14.1 Å². The lowest BCUT2D eigenvalue weighted by Gasteiger charge is -2.16. The van der Waals surface area contributed by atoms with E-state index in [1.165, 1.54) is 5.01 Å². The van der Waals surface area contributed by atoms with Gasteiger partial charge in [-0.05, 0) is 0 Å². The molecule has 8 heteroatoms. The summed E-state index contributed by atoms with van der Waals surface area (Å²) in [6.07, 6.45) is -0.424. The van der Waals surface area contributed by atoms with Crippen molar-refractivity contribution in [1.82, 2.24) is 15.8 Å². The predicted molar refractivity (Wildman–Crippen MR) is 53.4 cm³/mol. The van der Waals surface area contributed by atoms with Crippen molar-refractivity contribution in [3.05, 3.63) is 0 Å². The van der Waals surface area contributed by atoms with Gasteiger partial charge in [0.15, 0.2) is 0 Å². The minimum atomic E-state index is -1.31. The molecule has 0 fully saturated rings. The SMILES string of the molecule is COC(=O)C[C@H](NC(=O)NN(C)C)C(=O)O. The molecule has 0 saturated carbocycles. The van der Waals surface area contributed by atoms with E-state index in [2.05, 4.69) is 15.5 Å². The number of nitrogens with zero attached hydrogens (tertiary/aromatic N) is 1. The quantitative estimate of drug-likeness (QED) is 0.405. The monoisotopic (exact) mass is 233 g/mol. The molecule has 0 spiro atoms. The van der Waals surface area contributed by atoms with Crippen LogP contribution in [-0.2, 0) is 14.3 Å². The van der Waals surface area contributed by atoms with Crippen LogP contribution in [0, 0.1) is 0 Å². The van der Waals surface area contributed by atoms with Gasteiger partial charge in [-0.3, -0.25) is 10.2 Å². The van der Waals surface area contributed by atoms with Crippen LogP contribution < -0.4 is 10.7 Å². The summed E-state index contributed by atoms with van der Waals surface area (Å²) in [5.74, 6) is -2.02. The number of carboxylic acid groups (broad SMARTS) is 1.